The van der Waals surface area contributed by atoms with Gasteiger partial charge in [0.2, 0.25) is 5.95 Å². The summed E-state index contributed by atoms with van der Waals surface area (Å²) < 4.78 is 12.9. The predicted molar refractivity (Wildman–Crippen MR) is 83.8 cm³/mol. The van der Waals surface area contributed by atoms with Crippen LogP contribution in [0.25, 0.3) is 11.2 Å². The zero-order valence-electron chi connectivity index (χ0n) is 12.4. The molecule has 0 spiro atoms. The summed E-state index contributed by atoms with van der Waals surface area (Å²) in [7, 11) is -4.05. The second kappa shape index (κ2) is 6.04. The molecule has 1 aliphatic heterocycles. The summed E-state index contributed by atoms with van der Waals surface area (Å²) >= 11 is 0. The molecule has 1 saturated heterocycles. The van der Waals surface area contributed by atoms with Crippen LogP contribution in [-0.4, -0.2) is 53.6 Å². The second-order valence-corrected chi connectivity index (χ2v) is 7.52. The molecule has 5 N–H and O–H groups in total. The summed E-state index contributed by atoms with van der Waals surface area (Å²) in [6.45, 7) is 1.84. The van der Waals surface area contributed by atoms with Crippen molar-refractivity contribution in [2.45, 2.75) is 19.4 Å². The smallest absolute Gasteiger partial charge is 0.339 e. The number of hydrogen-bond donors (Lipinski definition) is 4. The molecular weight excluding hydrogens is 323 g/mol. The van der Waals surface area contributed by atoms with Crippen LogP contribution in [0.2, 0.25) is 0 Å². The van der Waals surface area contributed by atoms with Gasteiger partial charge in [-0.25, -0.2) is 4.98 Å². The first-order valence-electron chi connectivity index (χ1n) is 7.29. The Bertz CT molecular complexity index is 811. The fourth-order valence-corrected chi connectivity index (χ4v) is 3.85. The zero-order valence-corrected chi connectivity index (χ0v) is 13.3. The third-order valence-corrected chi connectivity index (χ3v) is 4.70. The summed E-state index contributed by atoms with van der Waals surface area (Å²) in [5.74, 6) is 0.242. The molecule has 0 bridgehead atoms. The number of nitrogens with one attached hydrogen (secondary N) is 1. The number of H-pyrrole nitrogens is 1. The van der Waals surface area contributed by atoms with E-state index in [4.69, 9.17) is 15.5 Å². The number of hydrogen-bond acceptors (Lipinski definition) is 6. The van der Waals surface area contributed by atoms with Crippen molar-refractivity contribution in [2.75, 3.05) is 25.1 Å². The maximum atomic E-state index is 11.8. The van der Waals surface area contributed by atoms with Gasteiger partial charge in [0.05, 0.1) is 6.33 Å². The largest absolute Gasteiger partial charge is 0.369 e. The van der Waals surface area contributed by atoms with Crippen molar-refractivity contribution in [3.05, 3.63) is 16.7 Å². The molecule has 0 aromatic carbocycles. The van der Waals surface area contributed by atoms with Crippen LogP contribution < -0.4 is 11.3 Å². The van der Waals surface area contributed by atoms with Gasteiger partial charge in [-0.15, -0.1) is 0 Å². The van der Waals surface area contributed by atoms with Gasteiger partial charge < -0.3 is 20.1 Å². The van der Waals surface area contributed by atoms with E-state index in [-0.39, 0.29) is 29.2 Å². The van der Waals surface area contributed by atoms with E-state index < -0.39 is 7.60 Å². The van der Waals surface area contributed by atoms with Gasteiger partial charge in [0.25, 0.3) is 5.56 Å². The zero-order chi connectivity index (χ0) is 16.6. The van der Waals surface area contributed by atoms with E-state index in [0.717, 1.165) is 12.8 Å². The third-order valence-electron chi connectivity index (χ3n) is 3.94. The Balaban J connectivity index is 1.77. The van der Waals surface area contributed by atoms with E-state index in [2.05, 4.69) is 15.0 Å². The van der Waals surface area contributed by atoms with Gasteiger partial charge in [-0.05, 0) is 25.3 Å². The van der Waals surface area contributed by atoms with Gasteiger partial charge in [0.15, 0.2) is 11.2 Å². The van der Waals surface area contributed by atoms with E-state index in [9.17, 15) is 9.36 Å². The molecule has 23 heavy (non-hydrogen) atoms. The summed E-state index contributed by atoms with van der Waals surface area (Å²) in [5, 5.41) is 0. The van der Waals surface area contributed by atoms with Crippen LogP contribution in [0.3, 0.4) is 0 Å². The average Bonchev–Trinajstić information content (AvgIpc) is 2.80. The van der Waals surface area contributed by atoms with Gasteiger partial charge in [-0.1, -0.05) is 0 Å². The Labute approximate surface area is 131 Å². The molecule has 10 nitrogen and oxygen atoms in total. The van der Waals surface area contributed by atoms with Crippen LogP contribution in [0.15, 0.2) is 11.1 Å². The lowest BCUT2D eigenvalue weighted by Crippen LogP contribution is -2.37. The molecule has 2 aromatic rings. The van der Waals surface area contributed by atoms with Gasteiger partial charge >= 0.3 is 7.60 Å². The lowest BCUT2D eigenvalue weighted by molar-refractivity contribution is 0.175. The highest BCUT2D eigenvalue weighted by Gasteiger charge is 2.26. The van der Waals surface area contributed by atoms with Crippen molar-refractivity contribution in [3.8, 4) is 0 Å². The summed E-state index contributed by atoms with van der Waals surface area (Å²) in [5.41, 5.74) is 5.87. The van der Waals surface area contributed by atoms with Crippen molar-refractivity contribution in [2.24, 2.45) is 5.92 Å². The van der Waals surface area contributed by atoms with Gasteiger partial charge in [-0.3, -0.25) is 19.2 Å². The molecular formula is C12H19N6O4P. The highest BCUT2D eigenvalue weighted by Crippen LogP contribution is 2.36. The first-order valence-corrected chi connectivity index (χ1v) is 9.09. The maximum absolute atomic E-state index is 11.8. The Morgan fingerprint density at radius 2 is 2.26 bits per heavy atom. The highest BCUT2D eigenvalue weighted by atomic mass is 31.2. The third kappa shape index (κ3) is 3.78. The number of aromatic nitrogens is 4. The molecule has 11 heteroatoms. The SMILES string of the molecule is Nc1nc2c(ncn2CC2CCCN(CP(=O)(O)O)C2)c(=O)[nH]1. The quantitative estimate of drug-likeness (QED) is 0.546. The van der Waals surface area contributed by atoms with Crippen LogP contribution in [0.5, 0.6) is 0 Å². The maximum Gasteiger partial charge on any atom is 0.339 e. The number of rotatable bonds is 4. The first kappa shape index (κ1) is 16.1. The van der Waals surface area contributed by atoms with E-state index in [1.165, 1.54) is 0 Å². The molecule has 1 aliphatic rings. The normalized spacial score (nSPS) is 20.2. The fourth-order valence-electron chi connectivity index (χ4n) is 3.07. The van der Waals surface area contributed by atoms with E-state index in [1.54, 1.807) is 15.8 Å². The minimum Gasteiger partial charge on any atom is -0.369 e. The van der Waals surface area contributed by atoms with Crippen molar-refractivity contribution in [1.29, 1.82) is 0 Å². The van der Waals surface area contributed by atoms with E-state index in [1.807, 2.05) is 0 Å². The Morgan fingerprint density at radius 1 is 1.48 bits per heavy atom. The number of anilines is 1. The fraction of sp³-hybridized carbons (Fsp3) is 0.583. The molecule has 0 amide bonds. The van der Waals surface area contributed by atoms with Crippen LogP contribution in [0, 0.1) is 5.92 Å². The van der Waals surface area contributed by atoms with Gasteiger partial charge in [0, 0.05) is 13.1 Å². The van der Waals surface area contributed by atoms with Crippen LogP contribution >= 0.6 is 7.60 Å². The van der Waals surface area contributed by atoms with Crippen LogP contribution in [0.1, 0.15) is 12.8 Å². The number of imidazole rings is 1. The molecule has 0 radical (unpaired) electrons. The van der Waals surface area contributed by atoms with Crippen molar-refractivity contribution in [1.82, 2.24) is 24.4 Å². The van der Waals surface area contributed by atoms with Crippen LogP contribution in [0.4, 0.5) is 5.95 Å². The lowest BCUT2D eigenvalue weighted by Gasteiger charge is -2.32. The summed E-state index contributed by atoms with van der Waals surface area (Å²) in [4.78, 5) is 42.4. The molecule has 126 valence electrons. The Morgan fingerprint density at radius 3 is 3.00 bits per heavy atom. The predicted octanol–water partition coefficient (Wildman–Crippen LogP) is -0.451. The molecule has 1 unspecified atom stereocenters. The number of nitrogens with zero attached hydrogens (tertiary/aromatic N) is 4. The summed E-state index contributed by atoms with van der Waals surface area (Å²) in [6.07, 6.45) is 3.14. The Hall–Kier alpha value is -1.74. The van der Waals surface area contributed by atoms with Crippen molar-refractivity contribution in [3.63, 3.8) is 0 Å². The number of nitrogens with two attached hydrogens (primary N) is 1. The molecule has 3 rings (SSSR count). The minimum absolute atomic E-state index is 0.0380. The number of fused-ring (bicyclic) bond motifs is 1. The molecule has 0 saturated carbocycles. The van der Waals surface area contributed by atoms with E-state index in [0.29, 0.717) is 25.3 Å². The monoisotopic (exact) mass is 342 g/mol. The average molecular weight is 342 g/mol. The lowest BCUT2D eigenvalue weighted by atomic mass is 9.98. The first-order chi connectivity index (χ1) is 10.8. The molecule has 0 aliphatic carbocycles. The number of nitrogen functional groups attached to an aromatic ring is 1. The molecule has 1 atom stereocenters. The number of likely N-dealkylation sites (tertiary alicyclic amines) is 1. The van der Waals surface area contributed by atoms with Gasteiger partial charge in [0.1, 0.15) is 6.29 Å². The van der Waals surface area contributed by atoms with Crippen molar-refractivity contribution < 1.29 is 14.4 Å². The number of aromatic amines is 1. The number of piperidine rings is 1. The second-order valence-electron chi connectivity index (χ2n) is 5.91. The van der Waals surface area contributed by atoms with Crippen molar-refractivity contribution >= 4 is 24.7 Å². The molecule has 1 fully saturated rings. The molecule has 2 aromatic heterocycles. The Kier molecular flexibility index (Phi) is 4.24. The highest BCUT2D eigenvalue weighted by molar-refractivity contribution is 7.51. The minimum atomic E-state index is -4.05. The van der Waals surface area contributed by atoms with Gasteiger partial charge in [-0.2, -0.15) is 4.98 Å². The molecule has 3 heterocycles. The topological polar surface area (TPSA) is 150 Å². The summed E-state index contributed by atoms with van der Waals surface area (Å²) in [6, 6.07) is 0. The van der Waals surface area contributed by atoms with E-state index >= 15 is 0 Å². The van der Waals surface area contributed by atoms with Crippen LogP contribution in [-0.2, 0) is 11.1 Å². The standard InChI is InChI=1S/C12H19N6O4P/c13-12-15-10-9(11(19)16-12)14-6-18(10)5-8-2-1-3-17(4-8)7-23(20,21)22/h6,8H,1-5,7H2,(H2,20,21,22)(H3,13,15,16,19).